The number of nitrogens with two attached hydrogens (primary N) is 1. The van der Waals surface area contributed by atoms with Crippen LogP contribution in [0.5, 0.6) is 11.5 Å². The summed E-state index contributed by atoms with van der Waals surface area (Å²) in [7, 11) is 0. The molecule has 1 amide bonds. The molecule has 9 nitrogen and oxygen atoms in total. The first-order valence-corrected chi connectivity index (χ1v) is 12.2. The zero-order valence-corrected chi connectivity index (χ0v) is 21.8. The molecule has 0 aliphatic carbocycles. The SMILES string of the molecule is C[C@H]1CN(c2ccc(-c3cc(N)ncc3Oc3cccc(F)c3C(=O)O)cc2)CCN1C(=O)OC(C)(C)C. The molecule has 3 aromatic rings. The lowest BCUT2D eigenvalue weighted by Gasteiger charge is -2.41. The maximum absolute atomic E-state index is 14.2. The van der Waals surface area contributed by atoms with E-state index in [0.717, 1.165) is 17.3 Å². The van der Waals surface area contributed by atoms with Gasteiger partial charge in [-0.3, -0.25) is 0 Å². The molecule has 0 unspecified atom stereocenters. The number of pyridine rings is 1. The number of hydrogen-bond acceptors (Lipinski definition) is 7. The third kappa shape index (κ3) is 5.96. The summed E-state index contributed by atoms with van der Waals surface area (Å²) < 4.78 is 25.5. The number of carbonyl (C=O) groups excluding carboxylic acids is 1. The highest BCUT2D eigenvalue weighted by Crippen LogP contribution is 2.36. The molecular formula is C28H31FN4O5. The molecule has 10 heteroatoms. The van der Waals surface area contributed by atoms with Crippen molar-refractivity contribution < 1.29 is 28.6 Å². The van der Waals surface area contributed by atoms with Crippen molar-refractivity contribution in [3.8, 4) is 22.6 Å². The van der Waals surface area contributed by atoms with E-state index >= 15 is 0 Å². The molecule has 1 saturated heterocycles. The number of amides is 1. The lowest BCUT2D eigenvalue weighted by atomic mass is 10.0. The van der Waals surface area contributed by atoms with Crippen molar-refractivity contribution in [1.82, 2.24) is 9.88 Å². The Labute approximate surface area is 220 Å². The Hall–Kier alpha value is -4.34. The summed E-state index contributed by atoms with van der Waals surface area (Å²) in [5, 5.41) is 9.44. The van der Waals surface area contributed by atoms with Crippen LogP contribution in [0, 0.1) is 5.82 Å². The van der Waals surface area contributed by atoms with Crippen LogP contribution in [0.1, 0.15) is 38.1 Å². The number of halogens is 1. The van der Waals surface area contributed by atoms with Crippen LogP contribution < -0.4 is 15.4 Å². The molecule has 2 heterocycles. The molecule has 2 aromatic carbocycles. The zero-order chi connectivity index (χ0) is 27.6. The van der Waals surface area contributed by atoms with Gasteiger partial charge in [-0.2, -0.15) is 0 Å². The van der Waals surface area contributed by atoms with Crippen LogP contribution in [-0.4, -0.2) is 58.3 Å². The highest BCUT2D eigenvalue weighted by atomic mass is 19.1. The number of nitrogen functional groups attached to an aromatic ring is 1. The summed E-state index contributed by atoms with van der Waals surface area (Å²) in [5.74, 6) is -1.99. The maximum Gasteiger partial charge on any atom is 0.410 e. The van der Waals surface area contributed by atoms with Crippen molar-refractivity contribution in [2.45, 2.75) is 39.3 Å². The van der Waals surface area contributed by atoms with E-state index in [0.29, 0.717) is 25.2 Å². The predicted octanol–water partition coefficient (Wildman–Crippen LogP) is 5.41. The van der Waals surface area contributed by atoms with Crippen LogP contribution in [-0.2, 0) is 4.74 Å². The van der Waals surface area contributed by atoms with Crippen LogP contribution in [0.25, 0.3) is 11.1 Å². The number of nitrogens with zero attached hydrogens (tertiary/aromatic N) is 3. The van der Waals surface area contributed by atoms with Gasteiger partial charge in [-0.05, 0) is 63.6 Å². The number of carboxylic acids is 1. The number of benzene rings is 2. The van der Waals surface area contributed by atoms with Gasteiger partial charge in [0.25, 0.3) is 0 Å². The van der Waals surface area contributed by atoms with E-state index in [2.05, 4.69) is 9.88 Å². The van der Waals surface area contributed by atoms with Gasteiger partial charge in [0, 0.05) is 36.9 Å². The van der Waals surface area contributed by atoms with Crippen LogP contribution in [0.15, 0.2) is 54.7 Å². The summed E-state index contributed by atoms with van der Waals surface area (Å²) in [6, 6.07) is 13.1. The Kier molecular flexibility index (Phi) is 7.43. The lowest BCUT2D eigenvalue weighted by Crippen LogP contribution is -2.55. The largest absolute Gasteiger partial charge is 0.477 e. The highest BCUT2D eigenvalue weighted by molar-refractivity contribution is 5.91. The highest BCUT2D eigenvalue weighted by Gasteiger charge is 2.31. The molecule has 4 rings (SSSR count). The molecule has 1 aromatic heterocycles. The van der Waals surface area contributed by atoms with Crippen LogP contribution >= 0.6 is 0 Å². The molecule has 1 fully saturated rings. The average molecular weight is 523 g/mol. The van der Waals surface area contributed by atoms with E-state index in [-0.39, 0.29) is 29.5 Å². The molecular weight excluding hydrogens is 491 g/mol. The summed E-state index contributed by atoms with van der Waals surface area (Å²) in [4.78, 5) is 32.1. The summed E-state index contributed by atoms with van der Waals surface area (Å²) in [6.45, 7) is 9.38. The number of rotatable bonds is 5. The van der Waals surface area contributed by atoms with Gasteiger partial charge in [0.1, 0.15) is 28.5 Å². The molecule has 0 radical (unpaired) electrons. The minimum absolute atomic E-state index is 0.0343. The second-order valence-electron chi connectivity index (χ2n) is 10.1. The minimum atomic E-state index is -1.44. The van der Waals surface area contributed by atoms with Crippen molar-refractivity contribution in [2.24, 2.45) is 0 Å². The van der Waals surface area contributed by atoms with Crippen molar-refractivity contribution >= 4 is 23.6 Å². The average Bonchev–Trinajstić information content (AvgIpc) is 2.84. The van der Waals surface area contributed by atoms with Crippen molar-refractivity contribution in [2.75, 3.05) is 30.3 Å². The number of carboxylic acid groups (broad SMARTS) is 1. The quantitative estimate of drug-likeness (QED) is 0.457. The van der Waals surface area contributed by atoms with E-state index in [4.69, 9.17) is 15.2 Å². The minimum Gasteiger partial charge on any atom is -0.477 e. The molecule has 0 saturated carbocycles. The van der Waals surface area contributed by atoms with E-state index in [9.17, 15) is 19.1 Å². The normalized spacial score (nSPS) is 15.8. The fourth-order valence-corrected chi connectivity index (χ4v) is 4.32. The monoisotopic (exact) mass is 522 g/mol. The predicted molar refractivity (Wildman–Crippen MR) is 142 cm³/mol. The molecule has 3 N–H and O–H groups in total. The Morgan fingerprint density at radius 1 is 1.11 bits per heavy atom. The topological polar surface area (TPSA) is 118 Å². The molecule has 38 heavy (non-hydrogen) atoms. The third-order valence-corrected chi connectivity index (χ3v) is 6.10. The van der Waals surface area contributed by atoms with Gasteiger partial charge in [-0.15, -0.1) is 0 Å². The van der Waals surface area contributed by atoms with E-state index < -0.39 is 23.0 Å². The number of carbonyl (C=O) groups is 2. The number of aromatic nitrogens is 1. The van der Waals surface area contributed by atoms with Gasteiger partial charge in [-0.25, -0.2) is 19.0 Å². The van der Waals surface area contributed by atoms with Gasteiger partial charge in [0.2, 0.25) is 0 Å². The molecule has 1 atom stereocenters. The first-order chi connectivity index (χ1) is 17.9. The molecule has 1 aliphatic rings. The fraction of sp³-hybridized carbons (Fsp3) is 0.321. The second-order valence-corrected chi connectivity index (χ2v) is 10.1. The van der Waals surface area contributed by atoms with E-state index in [1.807, 2.05) is 52.0 Å². The van der Waals surface area contributed by atoms with Crippen LogP contribution in [0.2, 0.25) is 0 Å². The number of anilines is 2. The van der Waals surface area contributed by atoms with Gasteiger partial charge in [-0.1, -0.05) is 18.2 Å². The molecule has 0 spiro atoms. The number of ether oxygens (including phenoxy) is 2. The molecule has 200 valence electrons. The number of hydrogen-bond donors (Lipinski definition) is 2. The third-order valence-electron chi connectivity index (χ3n) is 6.10. The first kappa shape index (κ1) is 26.7. The van der Waals surface area contributed by atoms with Gasteiger partial charge in [0.05, 0.1) is 6.20 Å². The van der Waals surface area contributed by atoms with Gasteiger partial charge < -0.3 is 30.1 Å². The Morgan fingerprint density at radius 2 is 1.82 bits per heavy atom. The summed E-state index contributed by atoms with van der Waals surface area (Å²) in [6.07, 6.45) is 1.07. The summed E-state index contributed by atoms with van der Waals surface area (Å²) >= 11 is 0. The number of aromatic carboxylic acids is 1. The van der Waals surface area contributed by atoms with Gasteiger partial charge >= 0.3 is 12.1 Å². The Balaban J connectivity index is 1.54. The van der Waals surface area contributed by atoms with E-state index in [1.165, 1.54) is 18.3 Å². The Morgan fingerprint density at radius 3 is 2.45 bits per heavy atom. The maximum atomic E-state index is 14.2. The fourth-order valence-electron chi connectivity index (χ4n) is 4.32. The standard InChI is InChI=1S/C28H31FN4O5/c1-17-16-32(12-13-33(17)27(36)38-28(2,3)4)19-10-8-18(9-11-19)20-14-24(30)31-15-23(20)37-22-7-5-6-21(29)25(22)26(34)35/h5-11,14-15,17H,12-13,16H2,1-4H3,(H2,30,31)(H,34,35)/t17-/m0/s1. The van der Waals surface area contributed by atoms with Crippen LogP contribution in [0.4, 0.5) is 20.7 Å². The summed E-state index contributed by atoms with van der Waals surface area (Å²) in [5.41, 5.74) is 7.12. The zero-order valence-electron chi connectivity index (χ0n) is 21.8. The Bertz CT molecular complexity index is 1340. The van der Waals surface area contributed by atoms with E-state index in [1.54, 1.807) is 11.0 Å². The van der Waals surface area contributed by atoms with Crippen LogP contribution in [0.3, 0.4) is 0 Å². The lowest BCUT2D eigenvalue weighted by molar-refractivity contribution is 0.0159. The van der Waals surface area contributed by atoms with Crippen molar-refractivity contribution in [3.63, 3.8) is 0 Å². The molecule has 0 bridgehead atoms. The van der Waals surface area contributed by atoms with Gasteiger partial charge in [0.15, 0.2) is 5.75 Å². The second kappa shape index (κ2) is 10.6. The smallest absolute Gasteiger partial charge is 0.410 e. The molecule has 1 aliphatic heterocycles. The first-order valence-electron chi connectivity index (χ1n) is 12.2. The number of piperazine rings is 1. The van der Waals surface area contributed by atoms with Crippen molar-refractivity contribution in [3.05, 3.63) is 66.1 Å². The van der Waals surface area contributed by atoms with Crippen molar-refractivity contribution in [1.29, 1.82) is 0 Å².